The zero-order chi connectivity index (χ0) is 56.3. The van der Waals surface area contributed by atoms with Crippen LogP contribution >= 0.6 is 0 Å². The van der Waals surface area contributed by atoms with Crippen LogP contribution in [0.2, 0.25) is 0 Å². The third kappa shape index (κ3) is 7.50. The summed E-state index contributed by atoms with van der Waals surface area (Å²) in [7, 11) is 0. The molecule has 14 aromatic carbocycles. The molecule has 14 aromatic rings. The van der Waals surface area contributed by atoms with E-state index in [1.807, 2.05) is 0 Å². The summed E-state index contributed by atoms with van der Waals surface area (Å²) in [4.78, 5) is 2.50. The summed E-state index contributed by atoms with van der Waals surface area (Å²) in [6.45, 7) is 4.35. The Bertz CT molecular complexity index is 5110. The molecule has 0 aromatic heterocycles. The van der Waals surface area contributed by atoms with Crippen LogP contribution in [0.4, 0.5) is 0 Å². The Kier molecular flexibility index (Phi) is 11.1. The van der Waals surface area contributed by atoms with Crippen LogP contribution in [-0.4, -0.2) is 4.90 Å². The van der Waals surface area contributed by atoms with Crippen molar-refractivity contribution in [1.82, 2.24) is 4.90 Å². The SMILES string of the molecule is CC=Cc1c(C)cccc1-c1c2ccccc2c(C2=CC3=CC(c4c5ccccc5c(-c5cccc6ccccc56)c5ccccc45)=CC4=CC(c5c6ccccc6c(-c6cccc7ccccc67)c6ccccc56)=CC(=C2)N34)c2ccccc12. The van der Waals surface area contributed by atoms with Crippen molar-refractivity contribution in [1.29, 1.82) is 0 Å². The predicted octanol–water partition coefficient (Wildman–Crippen LogP) is 22.8. The van der Waals surface area contributed by atoms with Gasteiger partial charge in [0.25, 0.3) is 0 Å². The maximum Gasteiger partial charge on any atom is 0.0474 e. The van der Waals surface area contributed by atoms with Crippen molar-refractivity contribution < 1.29 is 0 Å². The third-order valence-corrected chi connectivity index (χ3v) is 18.3. The fraction of sp³-hybridized carbons (Fsp3) is 0.0238. The maximum atomic E-state index is 2.50. The molecule has 85 heavy (non-hydrogen) atoms. The molecular formula is C84H55N. The first-order chi connectivity index (χ1) is 42.1. The van der Waals surface area contributed by atoms with E-state index >= 15 is 0 Å². The van der Waals surface area contributed by atoms with Crippen molar-refractivity contribution in [3.05, 3.63) is 336 Å². The Morgan fingerprint density at radius 2 is 0.506 bits per heavy atom. The number of rotatable bonds is 7. The van der Waals surface area contributed by atoms with Gasteiger partial charge in [0.2, 0.25) is 0 Å². The van der Waals surface area contributed by atoms with E-state index in [2.05, 4.69) is 316 Å². The molecule has 0 saturated heterocycles. The second-order valence-corrected chi connectivity index (χ2v) is 23.0. The Balaban J connectivity index is 0.964. The molecule has 0 bridgehead atoms. The second-order valence-electron chi connectivity index (χ2n) is 23.0. The van der Waals surface area contributed by atoms with Crippen LogP contribution in [0.15, 0.2) is 308 Å². The number of hydrogen-bond acceptors (Lipinski definition) is 1. The molecule has 0 N–H and O–H groups in total. The monoisotopic (exact) mass is 1080 g/mol. The molecule has 1 nitrogen and oxygen atoms in total. The van der Waals surface area contributed by atoms with E-state index in [0.717, 1.165) is 17.1 Å². The molecule has 0 spiro atoms. The van der Waals surface area contributed by atoms with Gasteiger partial charge in [-0.3, -0.25) is 0 Å². The van der Waals surface area contributed by atoms with E-state index < -0.39 is 0 Å². The zero-order valence-corrected chi connectivity index (χ0v) is 47.2. The molecule has 0 atom stereocenters. The average molecular weight is 1080 g/mol. The van der Waals surface area contributed by atoms with Crippen LogP contribution in [0.5, 0.6) is 0 Å². The van der Waals surface area contributed by atoms with Crippen molar-refractivity contribution in [2.75, 3.05) is 0 Å². The summed E-state index contributed by atoms with van der Waals surface area (Å²) < 4.78 is 0. The molecule has 396 valence electrons. The largest absolute Gasteiger partial charge is 0.310 e. The molecule has 3 aliphatic rings. The van der Waals surface area contributed by atoms with Gasteiger partial charge < -0.3 is 4.90 Å². The molecule has 0 fully saturated rings. The number of aryl methyl sites for hydroxylation is 1. The maximum absolute atomic E-state index is 2.50. The second kappa shape index (κ2) is 19.4. The summed E-state index contributed by atoms with van der Waals surface area (Å²) in [5.74, 6) is 0. The molecule has 0 unspecified atom stereocenters. The molecule has 0 radical (unpaired) electrons. The Labute approximate surface area is 494 Å². The molecular weight excluding hydrogens is 1020 g/mol. The quantitative estimate of drug-likeness (QED) is 0.144. The van der Waals surface area contributed by atoms with Crippen molar-refractivity contribution in [2.24, 2.45) is 0 Å². The minimum atomic E-state index is 1.13. The van der Waals surface area contributed by atoms with E-state index in [1.165, 1.54) is 164 Å². The topological polar surface area (TPSA) is 3.24 Å². The molecule has 0 aliphatic carbocycles. The number of nitrogens with zero attached hydrogens (tertiary/aromatic N) is 1. The fourth-order valence-corrected chi connectivity index (χ4v) is 14.8. The van der Waals surface area contributed by atoms with Crippen LogP contribution in [0.25, 0.3) is 142 Å². The third-order valence-electron chi connectivity index (χ3n) is 18.3. The van der Waals surface area contributed by atoms with Gasteiger partial charge in [-0.15, -0.1) is 0 Å². The van der Waals surface area contributed by atoms with Crippen LogP contribution in [0.1, 0.15) is 34.7 Å². The van der Waals surface area contributed by atoms with Gasteiger partial charge in [-0.05, 0) is 214 Å². The van der Waals surface area contributed by atoms with Gasteiger partial charge in [-0.2, -0.15) is 0 Å². The smallest absolute Gasteiger partial charge is 0.0474 e. The minimum Gasteiger partial charge on any atom is -0.310 e. The van der Waals surface area contributed by atoms with Gasteiger partial charge in [-0.1, -0.05) is 261 Å². The zero-order valence-electron chi connectivity index (χ0n) is 47.2. The highest BCUT2D eigenvalue weighted by molar-refractivity contribution is 6.25. The van der Waals surface area contributed by atoms with E-state index in [-0.39, 0.29) is 0 Å². The van der Waals surface area contributed by atoms with Crippen molar-refractivity contribution in [3.8, 4) is 33.4 Å². The summed E-state index contributed by atoms with van der Waals surface area (Å²) >= 11 is 0. The lowest BCUT2D eigenvalue weighted by Crippen LogP contribution is -2.26. The Hall–Kier alpha value is -10.9. The van der Waals surface area contributed by atoms with Gasteiger partial charge in [0, 0.05) is 17.1 Å². The predicted molar refractivity (Wildman–Crippen MR) is 365 cm³/mol. The van der Waals surface area contributed by atoms with Crippen molar-refractivity contribution in [3.63, 3.8) is 0 Å². The average Bonchev–Trinajstić information content (AvgIpc) is 3.28. The highest BCUT2D eigenvalue weighted by atomic mass is 15.2. The van der Waals surface area contributed by atoms with Gasteiger partial charge in [0.15, 0.2) is 0 Å². The van der Waals surface area contributed by atoms with Gasteiger partial charge in [0.05, 0.1) is 0 Å². The first-order valence-corrected chi connectivity index (χ1v) is 29.7. The Morgan fingerprint density at radius 3 is 0.835 bits per heavy atom. The number of benzene rings is 14. The highest BCUT2D eigenvalue weighted by Crippen LogP contribution is 2.52. The van der Waals surface area contributed by atoms with Crippen LogP contribution in [0, 0.1) is 6.92 Å². The lowest BCUT2D eigenvalue weighted by molar-refractivity contribution is 0.567. The molecule has 0 amide bonds. The molecule has 3 heterocycles. The standard InChI is InChI=1S/C84H55N/c1-3-23-61-52(2)24-20-43-64(61)82-73-37-14-8-31-67(73)79(68-32-9-15-38-74(68)82)55-46-58-48-56(80-69-33-10-16-39-75(69)83(76-40-17-11-34-70(76)80)65-44-21-27-53-25-4-6-29-62(53)65)50-60-51-57(49-59(47-55)85(58)60)81-71-35-12-18-41-77(71)84(78-42-19-13-36-72(78)81)66-45-22-28-54-26-5-7-30-63(54)66/h3-51H,1-2H3. The number of hydrogen-bond donors (Lipinski definition) is 0. The summed E-state index contributed by atoms with van der Waals surface area (Å²) in [6, 6.07) is 92.5. The summed E-state index contributed by atoms with van der Waals surface area (Å²) in [5.41, 5.74) is 20.7. The molecule has 0 saturated carbocycles. The normalized spacial score (nSPS) is 14.1. The summed E-state index contributed by atoms with van der Waals surface area (Å²) in [5, 5.41) is 19.8. The van der Waals surface area contributed by atoms with E-state index in [4.69, 9.17) is 0 Å². The lowest BCUT2D eigenvalue weighted by atomic mass is 9.80. The van der Waals surface area contributed by atoms with Gasteiger partial charge in [0.1, 0.15) is 0 Å². The van der Waals surface area contributed by atoms with Crippen molar-refractivity contribution >= 4 is 109 Å². The van der Waals surface area contributed by atoms with Crippen molar-refractivity contribution in [2.45, 2.75) is 13.8 Å². The molecule has 17 rings (SSSR count). The first-order valence-electron chi connectivity index (χ1n) is 29.7. The minimum absolute atomic E-state index is 1.13. The van der Waals surface area contributed by atoms with Crippen LogP contribution < -0.4 is 0 Å². The van der Waals surface area contributed by atoms with E-state index in [9.17, 15) is 0 Å². The number of fused-ring (bicyclic) bond motifs is 8. The fourth-order valence-electron chi connectivity index (χ4n) is 14.8. The highest BCUT2D eigenvalue weighted by Gasteiger charge is 2.32. The number of allylic oxidation sites excluding steroid dienone is 10. The van der Waals surface area contributed by atoms with Gasteiger partial charge in [-0.25, -0.2) is 0 Å². The first kappa shape index (κ1) is 48.8. The molecule has 3 aliphatic heterocycles. The molecule has 1 heteroatoms. The van der Waals surface area contributed by atoms with Crippen LogP contribution in [-0.2, 0) is 0 Å². The lowest BCUT2D eigenvalue weighted by Gasteiger charge is -2.38. The van der Waals surface area contributed by atoms with Crippen LogP contribution in [0.3, 0.4) is 0 Å². The van der Waals surface area contributed by atoms with E-state index in [1.54, 1.807) is 0 Å². The van der Waals surface area contributed by atoms with Gasteiger partial charge >= 0.3 is 0 Å². The summed E-state index contributed by atoms with van der Waals surface area (Å²) in [6.07, 6.45) is 19.2. The Morgan fingerprint density at radius 1 is 0.247 bits per heavy atom. The van der Waals surface area contributed by atoms with E-state index in [0.29, 0.717) is 0 Å².